The van der Waals surface area contributed by atoms with Crippen LogP contribution in [-0.2, 0) is 6.54 Å². The third-order valence-corrected chi connectivity index (χ3v) is 3.29. The molecule has 2 rings (SSSR count). The van der Waals surface area contributed by atoms with Crippen LogP contribution < -0.4 is 10.6 Å². The van der Waals surface area contributed by atoms with Crippen molar-refractivity contribution in [3.8, 4) is 0 Å². The van der Waals surface area contributed by atoms with Crippen molar-refractivity contribution in [2.24, 2.45) is 11.7 Å². The molecule has 2 atom stereocenters. The largest absolute Gasteiger partial charge is 0.369 e. The zero-order valence-corrected chi connectivity index (χ0v) is 9.61. The van der Waals surface area contributed by atoms with E-state index in [0.29, 0.717) is 12.6 Å². The van der Waals surface area contributed by atoms with Gasteiger partial charge in [-0.1, -0.05) is 19.1 Å². The Balaban J connectivity index is 2.15. The van der Waals surface area contributed by atoms with Crippen LogP contribution in [0.1, 0.15) is 25.8 Å². The number of rotatable bonds is 2. The van der Waals surface area contributed by atoms with E-state index < -0.39 is 0 Å². The second kappa shape index (κ2) is 4.23. The van der Waals surface area contributed by atoms with Gasteiger partial charge in [-0.25, -0.2) is 0 Å². The fourth-order valence-corrected chi connectivity index (χ4v) is 2.48. The Bertz CT molecular complexity index is 318. The van der Waals surface area contributed by atoms with Gasteiger partial charge in [0.15, 0.2) is 0 Å². The maximum Gasteiger partial charge on any atom is 0.0368 e. The van der Waals surface area contributed by atoms with Gasteiger partial charge in [-0.2, -0.15) is 0 Å². The number of hydrogen-bond donors (Lipinski definition) is 1. The molecule has 1 heterocycles. The van der Waals surface area contributed by atoms with Gasteiger partial charge in [0.05, 0.1) is 0 Å². The first-order valence-electron chi connectivity index (χ1n) is 5.76. The molecule has 2 heteroatoms. The van der Waals surface area contributed by atoms with E-state index >= 15 is 0 Å². The van der Waals surface area contributed by atoms with E-state index in [-0.39, 0.29) is 0 Å². The molecule has 1 aromatic rings. The quantitative estimate of drug-likeness (QED) is 0.801. The first-order chi connectivity index (χ1) is 7.20. The van der Waals surface area contributed by atoms with Crippen molar-refractivity contribution in [3.63, 3.8) is 0 Å². The van der Waals surface area contributed by atoms with Gasteiger partial charge in [-0.15, -0.1) is 0 Å². The lowest BCUT2D eigenvalue weighted by molar-refractivity contribution is 0.625. The predicted molar refractivity (Wildman–Crippen MR) is 64.9 cm³/mol. The summed E-state index contributed by atoms with van der Waals surface area (Å²) in [7, 11) is 0. The molecule has 1 aliphatic rings. The molecule has 82 valence electrons. The predicted octanol–water partition coefficient (Wildman–Crippen LogP) is 2.38. The monoisotopic (exact) mass is 204 g/mol. The number of anilines is 1. The van der Waals surface area contributed by atoms with Crippen LogP contribution >= 0.6 is 0 Å². The van der Waals surface area contributed by atoms with E-state index in [0.717, 1.165) is 5.92 Å². The number of nitrogens with two attached hydrogens (primary N) is 1. The highest BCUT2D eigenvalue weighted by Crippen LogP contribution is 2.28. The number of hydrogen-bond acceptors (Lipinski definition) is 2. The standard InChI is InChI=1S/C13H20N2/c1-10-7-11(2)15(9-10)13-5-3-12(8-14)4-6-13/h3-6,10-11H,7-9,14H2,1-2H3. The fraction of sp³-hybridized carbons (Fsp3) is 0.538. The third kappa shape index (κ3) is 2.15. The highest BCUT2D eigenvalue weighted by atomic mass is 15.2. The first-order valence-corrected chi connectivity index (χ1v) is 5.76. The highest BCUT2D eigenvalue weighted by molar-refractivity contribution is 5.49. The summed E-state index contributed by atoms with van der Waals surface area (Å²) in [5.74, 6) is 0.814. The van der Waals surface area contributed by atoms with Gasteiger partial charge >= 0.3 is 0 Å². The summed E-state index contributed by atoms with van der Waals surface area (Å²) < 4.78 is 0. The molecule has 0 aliphatic carbocycles. The van der Waals surface area contributed by atoms with Crippen molar-refractivity contribution in [1.82, 2.24) is 0 Å². The van der Waals surface area contributed by atoms with Crippen molar-refractivity contribution in [2.45, 2.75) is 32.9 Å². The molecule has 1 saturated heterocycles. The second-order valence-corrected chi connectivity index (χ2v) is 4.71. The molecule has 1 fully saturated rings. The average molecular weight is 204 g/mol. The van der Waals surface area contributed by atoms with Gasteiger partial charge in [0.25, 0.3) is 0 Å². The molecule has 0 bridgehead atoms. The summed E-state index contributed by atoms with van der Waals surface area (Å²) in [6, 6.07) is 9.31. The van der Waals surface area contributed by atoms with Gasteiger partial charge in [-0.3, -0.25) is 0 Å². The van der Waals surface area contributed by atoms with Crippen LogP contribution in [0.4, 0.5) is 5.69 Å². The Morgan fingerprint density at radius 1 is 1.27 bits per heavy atom. The molecule has 0 saturated carbocycles. The van der Waals surface area contributed by atoms with Crippen LogP contribution in [0.2, 0.25) is 0 Å². The minimum Gasteiger partial charge on any atom is -0.369 e. The average Bonchev–Trinajstić information content (AvgIpc) is 2.58. The van der Waals surface area contributed by atoms with E-state index in [1.807, 2.05) is 0 Å². The summed E-state index contributed by atoms with van der Waals surface area (Å²) in [5, 5.41) is 0. The molecular formula is C13H20N2. The number of benzene rings is 1. The first kappa shape index (κ1) is 10.5. The fourth-order valence-electron chi connectivity index (χ4n) is 2.48. The van der Waals surface area contributed by atoms with Crippen molar-refractivity contribution in [2.75, 3.05) is 11.4 Å². The number of nitrogens with zero attached hydrogens (tertiary/aromatic N) is 1. The Hall–Kier alpha value is -1.02. The Labute approximate surface area is 92.1 Å². The summed E-state index contributed by atoms with van der Waals surface area (Å²) in [5.41, 5.74) is 8.13. The zero-order valence-electron chi connectivity index (χ0n) is 9.61. The van der Waals surface area contributed by atoms with Crippen molar-refractivity contribution in [1.29, 1.82) is 0 Å². The van der Waals surface area contributed by atoms with Gasteiger partial charge in [0.2, 0.25) is 0 Å². The maximum atomic E-state index is 5.59. The molecule has 0 amide bonds. The molecule has 2 unspecified atom stereocenters. The summed E-state index contributed by atoms with van der Waals surface area (Å²) in [6.07, 6.45) is 1.30. The maximum absolute atomic E-state index is 5.59. The summed E-state index contributed by atoms with van der Waals surface area (Å²) in [4.78, 5) is 2.49. The topological polar surface area (TPSA) is 29.3 Å². The summed E-state index contributed by atoms with van der Waals surface area (Å²) >= 11 is 0. The highest BCUT2D eigenvalue weighted by Gasteiger charge is 2.25. The van der Waals surface area contributed by atoms with Crippen molar-refractivity contribution < 1.29 is 0 Å². The van der Waals surface area contributed by atoms with E-state index in [1.165, 1.54) is 24.2 Å². The minimum absolute atomic E-state index is 0.631. The van der Waals surface area contributed by atoms with Gasteiger partial charge in [0, 0.05) is 24.8 Å². The smallest absolute Gasteiger partial charge is 0.0368 e. The van der Waals surface area contributed by atoms with Crippen molar-refractivity contribution in [3.05, 3.63) is 29.8 Å². The van der Waals surface area contributed by atoms with Crippen LogP contribution in [0.3, 0.4) is 0 Å². The SMILES string of the molecule is CC1CC(C)N(c2ccc(CN)cc2)C1. The Morgan fingerprint density at radius 2 is 1.93 bits per heavy atom. The molecule has 2 nitrogen and oxygen atoms in total. The van der Waals surface area contributed by atoms with Crippen LogP contribution in [0.5, 0.6) is 0 Å². The van der Waals surface area contributed by atoms with E-state index in [2.05, 4.69) is 43.0 Å². The summed E-state index contributed by atoms with van der Waals surface area (Å²) in [6.45, 7) is 6.44. The molecule has 1 aromatic carbocycles. The lowest BCUT2D eigenvalue weighted by atomic mass is 10.1. The lowest BCUT2D eigenvalue weighted by Crippen LogP contribution is -2.26. The van der Waals surface area contributed by atoms with Gasteiger partial charge in [-0.05, 0) is 37.0 Å². The molecule has 0 spiro atoms. The molecule has 0 aromatic heterocycles. The van der Waals surface area contributed by atoms with Crippen LogP contribution in [0, 0.1) is 5.92 Å². The van der Waals surface area contributed by atoms with E-state index in [1.54, 1.807) is 0 Å². The van der Waals surface area contributed by atoms with Gasteiger partial charge < -0.3 is 10.6 Å². The normalized spacial score (nSPS) is 25.9. The van der Waals surface area contributed by atoms with E-state index in [4.69, 9.17) is 5.73 Å². The Morgan fingerprint density at radius 3 is 2.40 bits per heavy atom. The lowest BCUT2D eigenvalue weighted by Gasteiger charge is -2.24. The van der Waals surface area contributed by atoms with Crippen LogP contribution in [0.25, 0.3) is 0 Å². The molecular weight excluding hydrogens is 184 g/mol. The van der Waals surface area contributed by atoms with Gasteiger partial charge in [0.1, 0.15) is 0 Å². The third-order valence-electron chi connectivity index (χ3n) is 3.29. The molecule has 1 aliphatic heterocycles. The Kier molecular flexibility index (Phi) is 2.96. The molecule has 0 radical (unpaired) electrons. The van der Waals surface area contributed by atoms with E-state index in [9.17, 15) is 0 Å². The van der Waals surface area contributed by atoms with Crippen LogP contribution in [-0.4, -0.2) is 12.6 Å². The molecule has 2 N–H and O–H groups in total. The van der Waals surface area contributed by atoms with Crippen molar-refractivity contribution >= 4 is 5.69 Å². The molecule has 15 heavy (non-hydrogen) atoms. The second-order valence-electron chi connectivity index (χ2n) is 4.71. The minimum atomic E-state index is 0.631. The van der Waals surface area contributed by atoms with Crippen LogP contribution in [0.15, 0.2) is 24.3 Å². The zero-order chi connectivity index (χ0) is 10.8.